The van der Waals surface area contributed by atoms with Crippen LogP contribution in [0.1, 0.15) is 5.56 Å². The molecule has 7 nitrogen and oxygen atoms in total. The first-order valence-electron chi connectivity index (χ1n) is 9.40. The maximum absolute atomic E-state index is 12.2. The van der Waals surface area contributed by atoms with Gasteiger partial charge in [0.25, 0.3) is 0 Å². The maximum atomic E-state index is 12.2. The SMILES string of the molecule is CN(C)c1ccc(/C=C/C(=O)Nc2nc(-c3ccc(N(C)S(C)(=O)=O)cc3)cs2)cc1. The van der Waals surface area contributed by atoms with Gasteiger partial charge in [-0.25, -0.2) is 13.4 Å². The Morgan fingerprint density at radius 2 is 1.61 bits per heavy atom. The summed E-state index contributed by atoms with van der Waals surface area (Å²) >= 11 is 1.33. The largest absolute Gasteiger partial charge is 0.378 e. The highest BCUT2D eigenvalue weighted by atomic mass is 32.2. The topological polar surface area (TPSA) is 82.6 Å². The van der Waals surface area contributed by atoms with Crippen molar-refractivity contribution in [1.82, 2.24) is 4.98 Å². The van der Waals surface area contributed by atoms with Crippen molar-refractivity contribution in [3.8, 4) is 11.3 Å². The van der Waals surface area contributed by atoms with Crippen LogP contribution in [0.15, 0.2) is 60.0 Å². The Hall–Kier alpha value is -3.17. The van der Waals surface area contributed by atoms with Gasteiger partial charge in [0.1, 0.15) is 0 Å². The lowest BCUT2D eigenvalue weighted by atomic mass is 10.1. The van der Waals surface area contributed by atoms with Crippen LogP contribution in [0, 0.1) is 0 Å². The highest BCUT2D eigenvalue weighted by Gasteiger charge is 2.12. The maximum Gasteiger partial charge on any atom is 0.250 e. The van der Waals surface area contributed by atoms with Crippen molar-refractivity contribution in [3.05, 3.63) is 65.6 Å². The van der Waals surface area contributed by atoms with Crippen molar-refractivity contribution >= 4 is 49.8 Å². The molecule has 0 aliphatic carbocycles. The summed E-state index contributed by atoms with van der Waals surface area (Å²) in [7, 11) is 2.14. The van der Waals surface area contributed by atoms with Gasteiger partial charge < -0.3 is 4.90 Å². The first kappa shape index (κ1) is 22.5. The van der Waals surface area contributed by atoms with E-state index < -0.39 is 10.0 Å². The number of carbonyl (C=O) groups is 1. The van der Waals surface area contributed by atoms with E-state index in [0.717, 1.165) is 23.1 Å². The van der Waals surface area contributed by atoms with Crippen LogP contribution >= 0.6 is 11.3 Å². The van der Waals surface area contributed by atoms with Crippen molar-refractivity contribution in [1.29, 1.82) is 0 Å². The minimum Gasteiger partial charge on any atom is -0.378 e. The fourth-order valence-electron chi connectivity index (χ4n) is 2.70. The summed E-state index contributed by atoms with van der Waals surface area (Å²) in [4.78, 5) is 18.7. The lowest BCUT2D eigenvalue weighted by Gasteiger charge is -2.16. The average Bonchev–Trinajstić information content (AvgIpc) is 3.20. The molecule has 0 aliphatic rings. The van der Waals surface area contributed by atoms with E-state index in [2.05, 4.69) is 10.3 Å². The Labute approximate surface area is 186 Å². The molecule has 162 valence electrons. The van der Waals surface area contributed by atoms with Crippen molar-refractivity contribution in [2.24, 2.45) is 0 Å². The van der Waals surface area contributed by atoms with Crippen LogP contribution in [0.4, 0.5) is 16.5 Å². The molecule has 1 heterocycles. The Morgan fingerprint density at radius 3 is 2.19 bits per heavy atom. The Balaban J connectivity index is 1.63. The van der Waals surface area contributed by atoms with Crippen LogP contribution in [0.5, 0.6) is 0 Å². The smallest absolute Gasteiger partial charge is 0.250 e. The number of nitrogens with one attached hydrogen (secondary N) is 1. The van der Waals surface area contributed by atoms with Gasteiger partial charge >= 0.3 is 0 Å². The van der Waals surface area contributed by atoms with Crippen LogP contribution in [0.2, 0.25) is 0 Å². The molecule has 0 fully saturated rings. The lowest BCUT2D eigenvalue weighted by molar-refractivity contribution is -0.111. The van der Waals surface area contributed by atoms with E-state index in [0.29, 0.717) is 16.5 Å². The summed E-state index contributed by atoms with van der Waals surface area (Å²) in [5, 5.41) is 5.10. The molecule has 2 aromatic carbocycles. The molecule has 0 radical (unpaired) electrons. The number of thiazole rings is 1. The number of aromatic nitrogens is 1. The molecule has 0 saturated carbocycles. The van der Waals surface area contributed by atoms with Crippen molar-refractivity contribution < 1.29 is 13.2 Å². The molecule has 0 aliphatic heterocycles. The molecule has 31 heavy (non-hydrogen) atoms. The molecule has 0 atom stereocenters. The van der Waals surface area contributed by atoms with E-state index in [1.807, 2.05) is 48.6 Å². The van der Waals surface area contributed by atoms with Gasteiger partial charge in [-0.3, -0.25) is 14.4 Å². The second kappa shape index (κ2) is 9.32. The zero-order chi connectivity index (χ0) is 22.6. The standard InChI is InChI=1S/C22H24N4O3S2/c1-25(2)18-10-5-16(6-11-18)7-14-21(27)24-22-23-20(15-30-22)17-8-12-19(13-9-17)26(3)31(4,28)29/h5-15H,1-4H3,(H,23,24,27)/b14-7+. The van der Waals surface area contributed by atoms with Crippen LogP contribution in [0.25, 0.3) is 17.3 Å². The van der Waals surface area contributed by atoms with Gasteiger partial charge in [0.05, 0.1) is 17.6 Å². The molecule has 1 amide bonds. The summed E-state index contributed by atoms with van der Waals surface area (Å²) in [5.74, 6) is -0.261. The average molecular weight is 457 g/mol. The number of nitrogens with zero attached hydrogens (tertiary/aromatic N) is 3. The van der Waals surface area contributed by atoms with Crippen LogP contribution in [-0.4, -0.2) is 46.7 Å². The van der Waals surface area contributed by atoms with Crippen LogP contribution < -0.4 is 14.5 Å². The molecule has 0 bridgehead atoms. The molecular weight excluding hydrogens is 432 g/mol. The zero-order valence-electron chi connectivity index (χ0n) is 17.7. The van der Waals surface area contributed by atoms with E-state index in [4.69, 9.17) is 0 Å². The number of carbonyl (C=O) groups excluding carboxylic acids is 1. The number of hydrogen-bond donors (Lipinski definition) is 1. The Morgan fingerprint density at radius 1 is 1.00 bits per heavy atom. The van der Waals surface area contributed by atoms with Gasteiger partial charge in [-0.05, 0) is 35.9 Å². The van der Waals surface area contributed by atoms with Crippen molar-refractivity contribution in [2.75, 3.05) is 41.9 Å². The van der Waals surface area contributed by atoms with E-state index in [9.17, 15) is 13.2 Å². The molecule has 9 heteroatoms. The van der Waals surface area contributed by atoms with Gasteiger partial charge in [0, 0.05) is 43.8 Å². The molecular formula is C22H24N4O3S2. The first-order chi connectivity index (χ1) is 14.6. The molecule has 0 saturated heterocycles. The third-order valence-electron chi connectivity index (χ3n) is 4.60. The minimum atomic E-state index is -3.31. The van der Waals surface area contributed by atoms with E-state index in [1.54, 1.807) is 30.3 Å². The van der Waals surface area contributed by atoms with E-state index in [1.165, 1.54) is 28.8 Å². The fourth-order valence-corrected chi connectivity index (χ4v) is 3.93. The number of anilines is 3. The molecule has 0 spiro atoms. The van der Waals surface area contributed by atoms with Gasteiger partial charge in [-0.2, -0.15) is 0 Å². The molecule has 3 aromatic rings. The third kappa shape index (κ3) is 5.93. The van der Waals surface area contributed by atoms with Crippen LogP contribution in [0.3, 0.4) is 0 Å². The summed E-state index contributed by atoms with van der Waals surface area (Å²) < 4.78 is 24.5. The Kier molecular flexibility index (Phi) is 6.77. The van der Waals surface area contributed by atoms with Gasteiger partial charge in [-0.15, -0.1) is 11.3 Å². The summed E-state index contributed by atoms with van der Waals surface area (Å²) in [6.07, 6.45) is 4.38. The zero-order valence-corrected chi connectivity index (χ0v) is 19.4. The van der Waals surface area contributed by atoms with E-state index in [-0.39, 0.29) is 5.91 Å². The van der Waals surface area contributed by atoms with Gasteiger partial charge in [0.2, 0.25) is 15.9 Å². The monoisotopic (exact) mass is 456 g/mol. The molecule has 0 unspecified atom stereocenters. The minimum absolute atomic E-state index is 0.261. The summed E-state index contributed by atoms with van der Waals surface area (Å²) in [6, 6.07) is 14.9. The number of benzene rings is 2. The highest BCUT2D eigenvalue weighted by molar-refractivity contribution is 7.92. The molecule has 3 rings (SSSR count). The number of hydrogen-bond acceptors (Lipinski definition) is 6. The quantitative estimate of drug-likeness (QED) is 0.545. The van der Waals surface area contributed by atoms with Crippen molar-refractivity contribution in [2.45, 2.75) is 0 Å². The number of amides is 1. The fraction of sp³-hybridized carbons (Fsp3) is 0.182. The molecule has 1 aromatic heterocycles. The van der Waals surface area contributed by atoms with Crippen molar-refractivity contribution in [3.63, 3.8) is 0 Å². The molecule has 1 N–H and O–H groups in total. The second-order valence-corrected chi connectivity index (χ2v) is 10.00. The summed E-state index contributed by atoms with van der Waals surface area (Å²) in [5.41, 5.74) is 4.13. The van der Waals surface area contributed by atoms with Gasteiger partial charge in [0.15, 0.2) is 5.13 Å². The Bertz CT molecular complexity index is 1180. The third-order valence-corrected chi connectivity index (χ3v) is 6.56. The predicted molar refractivity (Wildman–Crippen MR) is 129 cm³/mol. The van der Waals surface area contributed by atoms with Gasteiger partial charge in [-0.1, -0.05) is 24.3 Å². The highest BCUT2D eigenvalue weighted by Crippen LogP contribution is 2.27. The number of sulfonamides is 1. The predicted octanol–water partition coefficient (Wildman–Crippen LogP) is 3.92. The first-order valence-corrected chi connectivity index (χ1v) is 12.1. The lowest BCUT2D eigenvalue weighted by Crippen LogP contribution is -2.24. The number of rotatable bonds is 7. The van der Waals surface area contributed by atoms with E-state index >= 15 is 0 Å². The second-order valence-electron chi connectivity index (χ2n) is 7.12. The summed E-state index contributed by atoms with van der Waals surface area (Å²) in [6.45, 7) is 0. The van der Waals surface area contributed by atoms with Crippen LogP contribution in [-0.2, 0) is 14.8 Å². The normalized spacial score (nSPS) is 11.5.